The van der Waals surface area contributed by atoms with Gasteiger partial charge in [0.2, 0.25) is 0 Å². The van der Waals surface area contributed by atoms with Crippen LogP contribution in [0.25, 0.3) is 0 Å². The molecule has 84 valence electrons. The van der Waals surface area contributed by atoms with Gasteiger partial charge in [-0.05, 0) is 56.9 Å². The lowest BCUT2D eigenvalue weighted by atomic mass is 9.75. The summed E-state index contributed by atoms with van der Waals surface area (Å²) >= 11 is 4.26. The van der Waals surface area contributed by atoms with Crippen molar-refractivity contribution in [1.82, 2.24) is 4.90 Å². The molecular formula is C12H25NS. The quantitative estimate of drug-likeness (QED) is 0.705. The fourth-order valence-corrected chi connectivity index (χ4v) is 2.47. The first-order chi connectivity index (χ1) is 6.55. The average molecular weight is 215 g/mol. The fourth-order valence-electron chi connectivity index (χ4n) is 2.33. The molecule has 0 heterocycles. The van der Waals surface area contributed by atoms with Crippen molar-refractivity contribution in [3.63, 3.8) is 0 Å². The highest BCUT2D eigenvalue weighted by Gasteiger charge is 2.28. The van der Waals surface area contributed by atoms with Crippen LogP contribution in [0.5, 0.6) is 0 Å². The van der Waals surface area contributed by atoms with E-state index in [-0.39, 0.29) is 0 Å². The minimum Gasteiger partial charge on any atom is -0.303 e. The third kappa shape index (κ3) is 3.82. The van der Waals surface area contributed by atoms with E-state index in [1.165, 1.54) is 38.6 Å². The van der Waals surface area contributed by atoms with Gasteiger partial charge in [-0.15, -0.1) is 0 Å². The molecule has 0 bridgehead atoms. The molecule has 0 unspecified atom stereocenters. The predicted octanol–water partition coefficient (Wildman–Crippen LogP) is 3.21. The number of thiol groups is 1. The lowest BCUT2D eigenvalue weighted by Crippen LogP contribution is -2.37. The van der Waals surface area contributed by atoms with E-state index in [9.17, 15) is 0 Å². The summed E-state index contributed by atoms with van der Waals surface area (Å²) in [6.45, 7) is 6.02. The van der Waals surface area contributed by atoms with Crippen molar-refractivity contribution in [1.29, 1.82) is 0 Å². The summed E-state index contributed by atoms with van der Waals surface area (Å²) < 4.78 is 0. The van der Waals surface area contributed by atoms with Crippen molar-refractivity contribution in [2.75, 3.05) is 19.3 Å². The van der Waals surface area contributed by atoms with E-state index in [1.807, 2.05) is 0 Å². The van der Waals surface area contributed by atoms with Gasteiger partial charge in [0, 0.05) is 6.04 Å². The van der Waals surface area contributed by atoms with Gasteiger partial charge in [0.15, 0.2) is 0 Å². The molecule has 0 amide bonds. The van der Waals surface area contributed by atoms with Crippen LogP contribution >= 0.6 is 12.6 Å². The highest BCUT2D eigenvalue weighted by atomic mass is 32.1. The Morgan fingerprint density at radius 3 is 2.36 bits per heavy atom. The Bertz CT molecular complexity index is 158. The zero-order valence-corrected chi connectivity index (χ0v) is 10.8. The van der Waals surface area contributed by atoms with E-state index in [0.29, 0.717) is 5.41 Å². The molecule has 0 aromatic carbocycles. The van der Waals surface area contributed by atoms with Gasteiger partial charge in [0.25, 0.3) is 0 Å². The van der Waals surface area contributed by atoms with Gasteiger partial charge in [-0.25, -0.2) is 0 Å². The first-order valence-electron chi connectivity index (χ1n) is 5.86. The second kappa shape index (κ2) is 5.41. The maximum Gasteiger partial charge on any atom is 0.00926 e. The Hall–Kier alpha value is 0.310. The normalized spacial score (nSPS) is 22.9. The molecule has 14 heavy (non-hydrogen) atoms. The van der Waals surface area contributed by atoms with Gasteiger partial charge >= 0.3 is 0 Å². The van der Waals surface area contributed by atoms with Crippen LogP contribution in [0, 0.1) is 5.41 Å². The molecule has 1 fully saturated rings. The Morgan fingerprint density at radius 2 is 1.86 bits per heavy atom. The highest BCUT2D eigenvalue weighted by molar-refractivity contribution is 7.80. The summed E-state index contributed by atoms with van der Waals surface area (Å²) in [7, 11) is 2.27. The van der Waals surface area contributed by atoms with Crippen LogP contribution in [0.4, 0.5) is 0 Å². The maximum absolute atomic E-state index is 4.26. The molecule has 0 spiro atoms. The predicted molar refractivity (Wildman–Crippen MR) is 67.1 cm³/mol. The van der Waals surface area contributed by atoms with Crippen molar-refractivity contribution in [2.24, 2.45) is 5.41 Å². The lowest BCUT2D eigenvalue weighted by Gasteiger charge is -2.38. The topological polar surface area (TPSA) is 3.24 Å². The molecule has 1 rings (SSSR count). The largest absolute Gasteiger partial charge is 0.303 e. The van der Waals surface area contributed by atoms with Crippen molar-refractivity contribution < 1.29 is 0 Å². The van der Waals surface area contributed by atoms with Crippen molar-refractivity contribution in [3.05, 3.63) is 0 Å². The molecule has 2 heteroatoms. The third-order valence-corrected chi connectivity index (χ3v) is 3.92. The first-order valence-corrected chi connectivity index (χ1v) is 6.49. The highest BCUT2D eigenvalue weighted by Crippen LogP contribution is 2.36. The van der Waals surface area contributed by atoms with Gasteiger partial charge in [-0.3, -0.25) is 0 Å². The number of nitrogens with zero attached hydrogens (tertiary/aromatic N) is 1. The first kappa shape index (κ1) is 12.4. The van der Waals surface area contributed by atoms with E-state index in [2.05, 4.69) is 38.4 Å². The summed E-state index contributed by atoms with van der Waals surface area (Å²) in [5, 5.41) is 0. The Balaban J connectivity index is 2.27. The summed E-state index contributed by atoms with van der Waals surface area (Å²) in [5.41, 5.74) is 0.598. The molecule has 0 aliphatic heterocycles. The molecule has 1 aliphatic rings. The van der Waals surface area contributed by atoms with Gasteiger partial charge in [0.05, 0.1) is 0 Å². The van der Waals surface area contributed by atoms with E-state index >= 15 is 0 Å². The smallest absolute Gasteiger partial charge is 0.00926 e. The molecule has 1 aliphatic carbocycles. The SMILES string of the molecule is CN(CCCS)C1CCC(C)(C)CC1. The minimum absolute atomic E-state index is 0.598. The van der Waals surface area contributed by atoms with Crippen LogP contribution in [0.15, 0.2) is 0 Å². The van der Waals surface area contributed by atoms with Gasteiger partial charge in [-0.1, -0.05) is 13.8 Å². The number of hydrogen-bond acceptors (Lipinski definition) is 2. The average Bonchev–Trinajstić information content (AvgIpc) is 2.14. The molecule has 0 saturated heterocycles. The Kier molecular flexibility index (Phi) is 4.78. The van der Waals surface area contributed by atoms with Crippen molar-refractivity contribution in [2.45, 2.75) is 52.0 Å². The van der Waals surface area contributed by atoms with Gasteiger partial charge < -0.3 is 4.90 Å². The number of rotatable bonds is 4. The van der Waals surface area contributed by atoms with Crippen LogP contribution in [0.3, 0.4) is 0 Å². The molecule has 0 N–H and O–H groups in total. The van der Waals surface area contributed by atoms with Crippen LogP contribution in [-0.4, -0.2) is 30.3 Å². The minimum atomic E-state index is 0.598. The molecule has 1 nitrogen and oxygen atoms in total. The van der Waals surface area contributed by atoms with Crippen LogP contribution in [-0.2, 0) is 0 Å². The second-order valence-electron chi connectivity index (χ2n) is 5.45. The molecule has 0 atom stereocenters. The van der Waals surface area contributed by atoms with Crippen LogP contribution in [0.2, 0.25) is 0 Å². The van der Waals surface area contributed by atoms with E-state index in [4.69, 9.17) is 0 Å². The summed E-state index contributed by atoms with van der Waals surface area (Å²) in [6.07, 6.45) is 6.78. The molecule has 0 radical (unpaired) electrons. The Labute approximate surface area is 94.7 Å². The maximum atomic E-state index is 4.26. The summed E-state index contributed by atoms with van der Waals surface area (Å²) in [4.78, 5) is 2.53. The van der Waals surface area contributed by atoms with Crippen LogP contribution < -0.4 is 0 Å². The summed E-state index contributed by atoms with van der Waals surface area (Å²) in [5.74, 6) is 1.02. The van der Waals surface area contributed by atoms with E-state index in [1.54, 1.807) is 0 Å². The van der Waals surface area contributed by atoms with Crippen molar-refractivity contribution in [3.8, 4) is 0 Å². The molecular weight excluding hydrogens is 190 g/mol. The van der Waals surface area contributed by atoms with Crippen LogP contribution in [0.1, 0.15) is 46.0 Å². The van der Waals surface area contributed by atoms with E-state index in [0.717, 1.165) is 11.8 Å². The number of hydrogen-bond donors (Lipinski definition) is 1. The van der Waals surface area contributed by atoms with E-state index < -0.39 is 0 Å². The molecule has 1 saturated carbocycles. The van der Waals surface area contributed by atoms with Gasteiger partial charge in [0.1, 0.15) is 0 Å². The zero-order chi connectivity index (χ0) is 10.6. The fraction of sp³-hybridized carbons (Fsp3) is 1.00. The monoisotopic (exact) mass is 215 g/mol. The molecule has 0 aromatic rings. The lowest BCUT2D eigenvalue weighted by molar-refractivity contribution is 0.128. The van der Waals surface area contributed by atoms with Crippen molar-refractivity contribution >= 4 is 12.6 Å². The standard InChI is InChI=1S/C12H25NS/c1-12(2)7-5-11(6-8-12)13(3)9-4-10-14/h11,14H,4-10H2,1-3H3. The zero-order valence-electron chi connectivity index (χ0n) is 9.92. The third-order valence-electron chi connectivity index (χ3n) is 3.60. The summed E-state index contributed by atoms with van der Waals surface area (Å²) in [6, 6.07) is 0.836. The van der Waals surface area contributed by atoms with Gasteiger partial charge in [-0.2, -0.15) is 12.6 Å². The second-order valence-corrected chi connectivity index (χ2v) is 5.90. The molecule has 0 aromatic heterocycles. The Morgan fingerprint density at radius 1 is 1.29 bits per heavy atom.